The summed E-state index contributed by atoms with van der Waals surface area (Å²) in [4.78, 5) is 14.8. The smallest absolute Gasteiger partial charge is 0.251 e. The largest absolute Gasteiger partial charge is 0.390 e. The molecular weight excluding hydrogens is 288 g/mol. The van der Waals surface area contributed by atoms with Gasteiger partial charge in [-0.05, 0) is 70.3 Å². The Hall–Kier alpha value is -1.39. The minimum Gasteiger partial charge on any atom is -0.390 e. The lowest BCUT2D eigenvalue weighted by Crippen LogP contribution is -2.40. The number of aliphatic hydroxyl groups is 1. The van der Waals surface area contributed by atoms with Crippen molar-refractivity contribution in [1.29, 1.82) is 0 Å². The van der Waals surface area contributed by atoms with Gasteiger partial charge in [0, 0.05) is 18.2 Å². The summed E-state index contributed by atoms with van der Waals surface area (Å²) in [6, 6.07) is 8.20. The topological polar surface area (TPSA) is 52.6 Å². The zero-order valence-corrected chi connectivity index (χ0v) is 14.6. The van der Waals surface area contributed by atoms with Crippen LogP contribution >= 0.6 is 0 Å². The van der Waals surface area contributed by atoms with Crippen LogP contribution in [0.1, 0.15) is 56.0 Å². The molecule has 1 aliphatic rings. The summed E-state index contributed by atoms with van der Waals surface area (Å²) in [5.41, 5.74) is 1.12. The van der Waals surface area contributed by atoms with Crippen LogP contribution in [0.25, 0.3) is 0 Å². The van der Waals surface area contributed by atoms with E-state index in [1.165, 1.54) is 12.8 Å². The fourth-order valence-electron chi connectivity index (χ4n) is 3.17. The van der Waals surface area contributed by atoms with Gasteiger partial charge in [0.2, 0.25) is 0 Å². The van der Waals surface area contributed by atoms with Gasteiger partial charge in [0.15, 0.2) is 0 Å². The van der Waals surface area contributed by atoms with Crippen molar-refractivity contribution in [2.75, 3.05) is 19.6 Å². The SMILES string of the molecule is CCN1CCC[C@H]1CNC(=O)c1cccc(CCC(C)(C)O)c1. The van der Waals surface area contributed by atoms with Gasteiger partial charge < -0.3 is 10.4 Å². The van der Waals surface area contributed by atoms with Crippen LogP contribution < -0.4 is 5.32 Å². The van der Waals surface area contributed by atoms with E-state index < -0.39 is 5.60 Å². The lowest BCUT2D eigenvalue weighted by Gasteiger charge is -2.23. The van der Waals surface area contributed by atoms with E-state index in [-0.39, 0.29) is 5.91 Å². The molecule has 0 bridgehead atoms. The highest BCUT2D eigenvalue weighted by molar-refractivity contribution is 5.94. The number of likely N-dealkylation sites (tertiary alicyclic amines) is 1. The number of nitrogens with zero attached hydrogens (tertiary/aromatic N) is 1. The maximum Gasteiger partial charge on any atom is 0.251 e. The Morgan fingerprint density at radius 1 is 1.43 bits per heavy atom. The third-order valence-corrected chi connectivity index (χ3v) is 4.62. The summed E-state index contributed by atoms with van der Waals surface area (Å²) in [6.45, 7) is 8.71. The molecule has 1 heterocycles. The quantitative estimate of drug-likeness (QED) is 0.812. The van der Waals surface area contributed by atoms with Crippen molar-refractivity contribution in [3.8, 4) is 0 Å². The van der Waals surface area contributed by atoms with Crippen molar-refractivity contribution in [3.05, 3.63) is 35.4 Å². The van der Waals surface area contributed by atoms with Crippen molar-refractivity contribution >= 4 is 5.91 Å². The molecule has 1 amide bonds. The van der Waals surface area contributed by atoms with Gasteiger partial charge in [-0.15, -0.1) is 0 Å². The van der Waals surface area contributed by atoms with Gasteiger partial charge in [0.05, 0.1) is 5.60 Å². The van der Waals surface area contributed by atoms with Crippen LogP contribution in [-0.4, -0.2) is 47.2 Å². The normalized spacial score (nSPS) is 19.0. The van der Waals surface area contributed by atoms with Crippen molar-refractivity contribution in [2.24, 2.45) is 0 Å². The van der Waals surface area contributed by atoms with E-state index in [0.29, 0.717) is 18.0 Å². The van der Waals surface area contributed by atoms with Gasteiger partial charge in [-0.25, -0.2) is 0 Å². The van der Waals surface area contributed by atoms with E-state index in [9.17, 15) is 9.90 Å². The van der Waals surface area contributed by atoms with E-state index in [1.54, 1.807) is 0 Å². The summed E-state index contributed by atoms with van der Waals surface area (Å²) in [5.74, 6) is -0.00179. The van der Waals surface area contributed by atoms with Gasteiger partial charge in [-0.3, -0.25) is 9.69 Å². The molecule has 128 valence electrons. The summed E-state index contributed by atoms with van der Waals surface area (Å²) >= 11 is 0. The van der Waals surface area contributed by atoms with E-state index >= 15 is 0 Å². The van der Waals surface area contributed by atoms with E-state index in [0.717, 1.165) is 31.6 Å². The van der Waals surface area contributed by atoms with Crippen LogP contribution in [0.4, 0.5) is 0 Å². The van der Waals surface area contributed by atoms with Gasteiger partial charge in [-0.2, -0.15) is 0 Å². The molecule has 1 aliphatic heterocycles. The Bertz CT molecular complexity index is 522. The van der Waals surface area contributed by atoms with Gasteiger partial charge in [0.1, 0.15) is 0 Å². The fraction of sp³-hybridized carbons (Fsp3) is 0.632. The van der Waals surface area contributed by atoms with Crippen LogP contribution in [0, 0.1) is 0 Å². The number of hydrogen-bond donors (Lipinski definition) is 2. The zero-order chi connectivity index (χ0) is 16.9. The first-order valence-electron chi connectivity index (χ1n) is 8.72. The van der Waals surface area contributed by atoms with Crippen molar-refractivity contribution in [1.82, 2.24) is 10.2 Å². The Kier molecular flexibility index (Phi) is 6.19. The fourth-order valence-corrected chi connectivity index (χ4v) is 3.17. The monoisotopic (exact) mass is 318 g/mol. The number of likely N-dealkylation sites (N-methyl/N-ethyl adjacent to an activating group) is 1. The van der Waals surface area contributed by atoms with Gasteiger partial charge >= 0.3 is 0 Å². The van der Waals surface area contributed by atoms with Gasteiger partial charge in [0.25, 0.3) is 5.91 Å². The van der Waals surface area contributed by atoms with Crippen LogP contribution in [0.3, 0.4) is 0 Å². The lowest BCUT2D eigenvalue weighted by atomic mass is 9.98. The highest BCUT2D eigenvalue weighted by atomic mass is 16.3. The first kappa shape index (κ1) is 18.0. The number of benzene rings is 1. The minimum atomic E-state index is -0.676. The van der Waals surface area contributed by atoms with Crippen molar-refractivity contribution in [3.63, 3.8) is 0 Å². The second-order valence-corrected chi connectivity index (χ2v) is 7.15. The molecule has 4 heteroatoms. The molecule has 0 aliphatic carbocycles. The molecular formula is C19H30N2O2. The van der Waals surface area contributed by atoms with Crippen LogP contribution in [0.2, 0.25) is 0 Å². The second-order valence-electron chi connectivity index (χ2n) is 7.15. The van der Waals surface area contributed by atoms with Crippen LogP contribution in [-0.2, 0) is 6.42 Å². The molecule has 1 saturated heterocycles. The molecule has 0 saturated carbocycles. The predicted molar refractivity (Wildman–Crippen MR) is 93.7 cm³/mol. The standard InChI is InChI=1S/C19H30N2O2/c1-4-21-12-6-9-17(21)14-20-18(22)16-8-5-7-15(13-16)10-11-19(2,3)23/h5,7-8,13,17,23H,4,6,9-12,14H2,1-3H3,(H,20,22)/t17-/m0/s1. The number of hydrogen-bond acceptors (Lipinski definition) is 3. The number of carbonyl (C=O) groups excluding carboxylic acids is 1. The Labute approximate surface area is 139 Å². The molecule has 0 radical (unpaired) electrons. The molecule has 1 fully saturated rings. The first-order valence-corrected chi connectivity index (χ1v) is 8.72. The van der Waals surface area contributed by atoms with E-state index in [4.69, 9.17) is 0 Å². The number of carbonyl (C=O) groups is 1. The summed E-state index contributed by atoms with van der Waals surface area (Å²) in [7, 11) is 0. The molecule has 4 nitrogen and oxygen atoms in total. The molecule has 2 N–H and O–H groups in total. The number of aryl methyl sites for hydroxylation is 1. The minimum absolute atomic E-state index is 0.00179. The van der Waals surface area contributed by atoms with Gasteiger partial charge in [-0.1, -0.05) is 19.1 Å². The maximum absolute atomic E-state index is 12.4. The first-order chi connectivity index (χ1) is 10.9. The Balaban J connectivity index is 1.89. The highest BCUT2D eigenvalue weighted by Gasteiger charge is 2.23. The number of amides is 1. The average Bonchev–Trinajstić information content (AvgIpc) is 2.97. The summed E-state index contributed by atoms with van der Waals surface area (Å²) in [6.07, 6.45) is 3.85. The third kappa shape index (κ3) is 5.63. The van der Waals surface area contributed by atoms with E-state index in [2.05, 4.69) is 17.1 Å². The molecule has 23 heavy (non-hydrogen) atoms. The van der Waals surface area contributed by atoms with Crippen LogP contribution in [0.5, 0.6) is 0 Å². The maximum atomic E-state index is 12.4. The third-order valence-electron chi connectivity index (χ3n) is 4.62. The molecule has 1 aromatic carbocycles. The number of rotatable bonds is 7. The lowest BCUT2D eigenvalue weighted by molar-refractivity contribution is 0.0714. The molecule has 0 aromatic heterocycles. The van der Waals surface area contributed by atoms with E-state index in [1.807, 2.05) is 38.1 Å². The number of nitrogens with one attached hydrogen (secondary N) is 1. The van der Waals surface area contributed by atoms with Crippen molar-refractivity contribution in [2.45, 2.75) is 58.1 Å². The Morgan fingerprint density at radius 2 is 2.22 bits per heavy atom. The predicted octanol–water partition coefficient (Wildman–Crippen LogP) is 2.60. The zero-order valence-electron chi connectivity index (χ0n) is 14.6. The second kappa shape index (κ2) is 7.93. The average molecular weight is 318 g/mol. The molecule has 1 atom stereocenters. The highest BCUT2D eigenvalue weighted by Crippen LogP contribution is 2.16. The Morgan fingerprint density at radius 3 is 2.91 bits per heavy atom. The molecule has 1 aromatic rings. The molecule has 0 unspecified atom stereocenters. The molecule has 0 spiro atoms. The summed E-state index contributed by atoms with van der Waals surface area (Å²) < 4.78 is 0. The van der Waals surface area contributed by atoms with Crippen molar-refractivity contribution < 1.29 is 9.90 Å². The van der Waals surface area contributed by atoms with Crippen LogP contribution in [0.15, 0.2) is 24.3 Å². The molecule has 2 rings (SSSR count). The summed E-state index contributed by atoms with van der Waals surface area (Å²) in [5, 5.41) is 12.9.